The van der Waals surface area contributed by atoms with Crippen LogP contribution in [0.3, 0.4) is 0 Å². The fraction of sp³-hybridized carbons (Fsp3) is 0.440. The Balaban J connectivity index is 1.40. The number of hydrogen-bond donors (Lipinski definition) is 0. The molecule has 182 valence electrons. The third-order valence-electron chi connectivity index (χ3n) is 5.60. The lowest BCUT2D eigenvalue weighted by Gasteiger charge is -2.20. The zero-order valence-corrected chi connectivity index (χ0v) is 20.0. The van der Waals surface area contributed by atoms with E-state index in [4.69, 9.17) is 14.3 Å². The van der Waals surface area contributed by atoms with Crippen molar-refractivity contribution in [3.05, 3.63) is 53.9 Å². The summed E-state index contributed by atoms with van der Waals surface area (Å²) in [6.45, 7) is 7.12. The number of aromatic nitrogens is 1. The molecule has 2 amide bonds. The van der Waals surface area contributed by atoms with Gasteiger partial charge < -0.3 is 19.2 Å². The van der Waals surface area contributed by atoms with Crippen LogP contribution in [0.15, 0.2) is 47.8 Å². The lowest BCUT2D eigenvalue weighted by atomic mass is 10.0. The van der Waals surface area contributed by atoms with E-state index in [-0.39, 0.29) is 11.7 Å². The minimum Gasteiger partial charge on any atom is -0.494 e. The highest BCUT2D eigenvalue weighted by atomic mass is 16.6. The zero-order chi connectivity index (χ0) is 24.3. The van der Waals surface area contributed by atoms with Gasteiger partial charge in [0.2, 0.25) is 0 Å². The van der Waals surface area contributed by atoms with Crippen LogP contribution in [0.1, 0.15) is 42.7 Å². The van der Waals surface area contributed by atoms with Gasteiger partial charge in [0.25, 0.3) is 0 Å². The van der Waals surface area contributed by atoms with E-state index in [9.17, 15) is 9.59 Å². The molecule has 9 heteroatoms. The molecule has 2 heterocycles. The second-order valence-electron chi connectivity index (χ2n) is 8.06. The second-order valence-corrected chi connectivity index (χ2v) is 8.06. The minimum atomic E-state index is -0.521. The van der Waals surface area contributed by atoms with Crippen LogP contribution in [-0.2, 0) is 9.57 Å². The van der Waals surface area contributed by atoms with Crippen molar-refractivity contribution in [2.24, 2.45) is 11.1 Å². The van der Waals surface area contributed by atoms with Gasteiger partial charge in [0.1, 0.15) is 18.1 Å². The molecule has 2 aromatic rings. The first kappa shape index (κ1) is 25.0. The largest absolute Gasteiger partial charge is 0.494 e. The van der Waals surface area contributed by atoms with Crippen molar-refractivity contribution < 1.29 is 23.9 Å². The molecule has 0 bridgehead atoms. The number of benzene rings is 1. The van der Waals surface area contributed by atoms with Gasteiger partial charge >= 0.3 is 12.0 Å². The Morgan fingerprint density at radius 2 is 2.00 bits per heavy atom. The van der Waals surface area contributed by atoms with Crippen molar-refractivity contribution >= 4 is 23.9 Å². The smallest absolute Gasteiger partial charge is 0.356 e. The molecule has 1 aromatic carbocycles. The van der Waals surface area contributed by atoms with Crippen molar-refractivity contribution in [2.75, 3.05) is 44.9 Å². The molecule has 1 aromatic heterocycles. The van der Waals surface area contributed by atoms with E-state index in [1.54, 1.807) is 23.2 Å². The first-order valence-corrected chi connectivity index (χ1v) is 11.5. The molecule has 1 saturated heterocycles. The Labute approximate surface area is 200 Å². The van der Waals surface area contributed by atoms with Gasteiger partial charge in [0.05, 0.1) is 19.9 Å². The van der Waals surface area contributed by atoms with Gasteiger partial charge in [0, 0.05) is 31.5 Å². The Bertz CT molecular complexity index is 980. The van der Waals surface area contributed by atoms with E-state index < -0.39 is 5.97 Å². The molecule has 34 heavy (non-hydrogen) atoms. The second kappa shape index (κ2) is 12.6. The zero-order valence-electron chi connectivity index (χ0n) is 20.0. The summed E-state index contributed by atoms with van der Waals surface area (Å²) in [7, 11) is 1.31. The van der Waals surface area contributed by atoms with E-state index >= 15 is 0 Å². The Kier molecular flexibility index (Phi) is 9.25. The number of carbonyl (C=O) groups is 2. The number of rotatable bonds is 12. The van der Waals surface area contributed by atoms with Gasteiger partial charge in [-0.05, 0) is 67.6 Å². The lowest BCUT2D eigenvalue weighted by Crippen LogP contribution is -2.33. The minimum absolute atomic E-state index is 0.0570. The molecule has 0 N–H and O–H groups in total. The van der Waals surface area contributed by atoms with Gasteiger partial charge in [-0.2, -0.15) is 0 Å². The third kappa shape index (κ3) is 6.94. The molecule has 0 aliphatic carbocycles. The van der Waals surface area contributed by atoms with E-state index in [2.05, 4.69) is 17.1 Å². The van der Waals surface area contributed by atoms with Crippen molar-refractivity contribution in [1.29, 1.82) is 0 Å². The Hall–Kier alpha value is -3.62. The number of nitrogens with zero attached hydrogens (tertiary/aromatic N) is 4. The van der Waals surface area contributed by atoms with Crippen LogP contribution in [0.25, 0.3) is 0 Å². The fourth-order valence-electron chi connectivity index (χ4n) is 3.55. The molecule has 0 saturated carbocycles. The lowest BCUT2D eigenvalue weighted by molar-refractivity contribution is 0.0594. The molecular formula is C25H32N4O5. The van der Waals surface area contributed by atoms with Gasteiger partial charge in [-0.1, -0.05) is 12.1 Å². The molecule has 1 aliphatic heterocycles. The van der Waals surface area contributed by atoms with Crippen LogP contribution in [0.2, 0.25) is 0 Å². The maximum absolute atomic E-state index is 12.9. The van der Waals surface area contributed by atoms with Crippen LogP contribution >= 0.6 is 0 Å². The predicted octanol–water partition coefficient (Wildman–Crippen LogP) is 3.98. The average molecular weight is 469 g/mol. The summed E-state index contributed by atoms with van der Waals surface area (Å²) in [5.74, 6) is 0.703. The van der Waals surface area contributed by atoms with E-state index in [1.165, 1.54) is 13.3 Å². The Morgan fingerprint density at radius 1 is 1.21 bits per heavy atom. The topological polar surface area (TPSA) is 93.6 Å². The van der Waals surface area contributed by atoms with Crippen LogP contribution in [-0.4, -0.2) is 68.1 Å². The standard InChI is InChI=1S/C25H32N4O5/c1-4-34-27-18-20-5-7-22(8-6-20)33-16-11-19(2)10-13-28-14-15-29(25(28)31)21-9-12-26-23(17-21)24(30)32-3/h5-9,12,17-19H,4,10-11,13-16H2,1-3H3. The number of amides is 2. The molecule has 1 aliphatic rings. The maximum Gasteiger partial charge on any atom is 0.356 e. The summed E-state index contributed by atoms with van der Waals surface area (Å²) in [5.41, 5.74) is 1.79. The molecule has 0 spiro atoms. The molecule has 0 radical (unpaired) electrons. The van der Waals surface area contributed by atoms with Crippen LogP contribution in [0.4, 0.5) is 10.5 Å². The molecule has 1 unspecified atom stereocenters. The van der Waals surface area contributed by atoms with Gasteiger partial charge in [-0.25, -0.2) is 14.6 Å². The van der Waals surface area contributed by atoms with E-state index in [1.807, 2.05) is 36.1 Å². The first-order chi connectivity index (χ1) is 16.5. The predicted molar refractivity (Wildman–Crippen MR) is 129 cm³/mol. The number of esters is 1. The molecule has 1 fully saturated rings. The number of ether oxygens (including phenoxy) is 2. The normalized spacial score (nSPS) is 14.5. The van der Waals surface area contributed by atoms with Crippen LogP contribution < -0.4 is 9.64 Å². The van der Waals surface area contributed by atoms with Crippen LogP contribution in [0, 0.1) is 5.92 Å². The number of anilines is 1. The van der Waals surface area contributed by atoms with Gasteiger partial charge in [-0.3, -0.25) is 4.90 Å². The summed E-state index contributed by atoms with van der Waals surface area (Å²) in [4.78, 5) is 37.1. The van der Waals surface area contributed by atoms with Gasteiger partial charge in [-0.15, -0.1) is 0 Å². The molecule has 1 atom stereocenters. The van der Waals surface area contributed by atoms with Crippen molar-refractivity contribution in [2.45, 2.75) is 26.7 Å². The summed E-state index contributed by atoms with van der Waals surface area (Å²) in [6.07, 6.45) is 4.97. The summed E-state index contributed by atoms with van der Waals surface area (Å²) in [6, 6.07) is 11.0. The summed E-state index contributed by atoms with van der Waals surface area (Å²) >= 11 is 0. The molecule has 3 rings (SSSR count). The highest BCUT2D eigenvalue weighted by Gasteiger charge is 2.30. The Morgan fingerprint density at radius 3 is 2.74 bits per heavy atom. The highest BCUT2D eigenvalue weighted by Crippen LogP contribution is 2.22. The number of pyridine rings is 1. The van der Waals surface area contributed by atoms with Crippen molar-refractivity contribution in [3.63, 3.8) is 0 Å². The fourth-order valence-corrected chi connectivity index (χ4v) is 3.55. The van der Waals surface area contributed by atoms with E-state index in [0.717, 1.165) is 24.2 Å². The summed E-state index contributed by atoms with van der Waals surface area (Å²) < 4.78 is 10.6. The average Bonchev–Trinajstić information content (AvgIpc) is 3.23. The number of oxime groups is 1. The number of carbonyl (C=O) groups excluding carboxylic acids is 2. The highest BCUT2D eigenvalue weighted by molar-refractivity contribution is 5.96. The number of hydrogen-bond acceptors (Lipinski definition) is 7. The van der Waals surface area contributed by atoms with Crippen molar-refractivity contribution in [3.8, 4) is 5.75 Å². The first-order valence-electron chi connectivity index (χ1n) is 11.5. The monoisotopic (exact) mass is 468 g/mol. The quantitative estimate of drug-likeness (QED) is 0.266. The summed E-state index contributed by atoms with van der Waals surface area (Å²) in [5, 5.41) is 3.85. The molecule has 9 nitrogen and oxygen atoms in total. The third-order valence-corrected chi connectivity index (χ3v) is 5.60. The molecular weight excluding hydrogens is 436 g/mol. The SMILES string of the molecule is CCON=Cc1ccc(OCCC(C)CCN2CCN(c3ccnc(C(=O)OC)c3)C2=O)cc1. The number of methoxy groups -OCH3 is 1. The maximum atomic E-state index is 12.9. The van der Waals surface area contributed by atoms with Gasteiger partial charge in [0.15, 0.2) is 0 Å². The van der Waals surface area contributed by atoms with Crippen LogP contribution in [0.5, 0.6) is 5.75 Å². The van der Waals surface area contributed by atoms with Crippen molar-refractivity contribution in [1.82, 2.24) is 9.88 Å². The van der Waals surface area contributed by atoms with E-state index in [0.29, 0.717) is 44.5 Å². The number of urea groups is 1.